The van der Waals surface area contributed by atoms with Crippen molar-refractivity contribution in [1.82, 2.24) is 0 Å². The van der Waals surface area contributed by atoms with E-state index in [0.29, 0.717) is 0 Å². The lowest BCUT2D eigenvalue weighted by Gasteiger charge is -2.32. The first-order valence-electron chi connectivity index (χ1n) is 9.43. The van der Waals surface area contributed by atoms with E-state index in [2.05, 4.69) is 45.9 Å². The van der Waals surface area contributed by atoms with E-state index in [4.69, 9.17) is 10.3 Å². The number of rotatable bonds is 7. The third-order valence-corrected chi connectivity index (χ3v) is 5.23. The van der Waals surface area contributed by atoms with Gasteiger partial charge in [0.15, 0.2) is 0 Å². The molecule has 0 heterocycles. The van der Waals surface area contributed by atoms with Gasteiger partial charge in [-0.25, -0.2) is 0 Å². The maximum absolute atomic E-state index is 10.3. The number of hydrogen-bond acceptors (Lipinski definition) is 4. The van der Waals surface area contributed by atoms with Crippen molar-refractivity contribution in [2.24, 2.45) is 11.1 Å². The predicted molar refractivity (Wildman–Crippen MR) is 118 cm³/mol. The van der Waals surface area contributed by atoms with Gasteiger partial charge in [-0.3, -0.25) is 9.35 Å². The minimum absolute atomic E-state index is 0.0289. The van der Waals surface area contributed by atoms with Gasteiger partial charge in [0, 0.05) is 6.54 Å². The van der Waals surface area contributed by atoms with Crippen molar-refractivity contribution in [3.63, 3.8) is 0 Å². The van der Waals surface area contributed by atoms with Crippen molar-refractivity contribution >= 4 is 16.4 Å². The van der Waals surface area contributed by atoms with Crippen LogP contribution in [0.1, 0.15) is 53.9 Å². The zero-order chi connectivity index (χ0) is 21.8. The van der Waals surface area contributed by atoms with Gasteiger partial charge in [-0.15, -0.1) is 0 Å². The Bertz CT molecular complexity index is 766. The zero-order valence-electron chi connectivity index (χ0n) is 17.7. The van der Waals surface area contributed by atoms with Crippen molar-refractivity contribution in [1.29, 1.82) is 0 Å². The molecule has 1 rings (SSSR count). The van der Waals surface area contributed by atoms with E-state index < -0.39 is 10.1 Å². The molecule has 0 radical (unpaired) electrons. The summed E-state index contributed by atoms with van der Waals surface area (Å²) >= 11 is 0. The highest BCUT2D eigenvalue weighted by Crippen LogP contribution is 2.40. The second kappa shape index (κ2) is 12.6. The summed E-state index contributed by atoms with van der Waals surface area (Å²) in [5, 5.41) is 0. The van der Waals surface area contributed by atoms with Gasteiger partial charge in [-0.2, -0.15) is 8.42 Å². The van der Waals surface area contributed by atoms with Crippen molar-refractivity contribution in [2.75, 3.05) is 12.3 Å². The van der Waals surface area contributed by atoms with Crippen LogP contribution in [0.3, 0.4) is 0 Å². The highest BCUT2D eigenvalue weighted by atomic mass is 32.2. The van der Waals surface area contributed by atoms with Gasteiger partial charge in [-0.1, -0.05) is 55.4 Å². The lowest BCUT2D eigenvalue weighted by molar-refractivity contribution is -0.104. The van der Waals surface area contributed by atoms with E-state index in [9.17, 15) is 13.2 Å². The third-order valence-electron chi connectivity index (χ3n) is 4.48. The second-order valence-electron chi connectivity index (χ2n) is 7.66. The van der Waals surface area contributed by atoms with Gasteiger partial charge in [0.25, 0.3) is 10.1 Å². The maximum Gasteiger partial charge on any atom is 0.266 e. The largest absolute Gasteiger partial charge is 0.329 e. The maximum atomic E-state index is 10.3. The Balaban J connectivity index is 0.000000887. The predicted octanol–water partition coefficient (Wildman–Crippen LogP) is 4.55. The van der Waals surface area contributed by atoms with Crippen LogP contribution in [0, 0.1) is 5.41 Å². The molecular weight excluding hydrogens is 374 g/mol. The van der Waals surface area contributed by atoms with Gasteiger partial charge >= 0.3 is 0 Å². The lowest BCUT2D eigenvalue weighted by Crippen LogP contribution is -2.19. The summed E-state index contributed by atoms with van der Waals surface area (Å²) in [5.41, 5.74) is 10.3. The molecule has 0 atom stereocenters. The molecule has 0 unspecified atom stereocenters. The van der Waals surface area contributed by atoms with Crippen molar-refractivity contribution < 1.29 is 17.8 Å². The molecule has 6 heteroatoms. The van der Waals surface area contributed by atoms with Gasteiger partial charge in [0.05, 0.1) is 5.75 Å². The first-order valence-corrected chi connectivity index (χ1v) is 11.0. The Hall–Kier alpha value is -1.76. The van der Waals surface area contributed by atoms with Crippen LogP contribution in [0.15, 0.2) is 58.7 Å². The van der Waals surface area contributed by atoms with E-state index in [0.717, 1.165) is 11.9 Å². The molecule has 0 fully saturated rings. The first-order chi connectivity index (χ1) is 12.9. The van der Waals surface area contributed by atoms with Crippen LogP contribution in [0.2, 0.25) is 0 Å². The number of carbonyl (C=O) groups excluding carboxylic acids is 1. The van der Waals surface area contributed by atoms with Crippen LogP contribution in [-0.2, 0) is 14.9 Å². The van der Waals surface area contributed by atoms with Crippen LogP contribution < -0.4 is 5.73 Å². The molecule has 5 nitrogen and oxygen atoms in total. The fourth-order valence-corrected chi connectivity index (χ4v) is 3.24. The summed E-state index contributed by atoms with van der Waals surface area (Å²) in [6.45, 7) is 10.9. The molecule has 0 amide bonds. The number of aldehydes is 1. The van der Waals surface area contributed by atoms with Crippen LogP contribution in [0.25, 0.3) is 0 Å². The van der Waals surface area contributed by atoms with Crippen LogP contribution >= 0.6 is 0 Å². The van der Waals surface area contributed by atoms with Gasteiger partial charge in [0.1, 0.15) is 6.29 Å². The van der Waals surface area contributed by atoms with Crippen LogP contribution in [-0.4, -0.2) is 31.6 Å². The van der Waals surface area contributed by atoms with Crippen molar-refractivity contribution in [2.45, 2.75) is 53.9 Å². The third kappa shape index (κ3) is 11.8. The molecule has 1 aliphatic carbocycles. The molecule has 158 valence electrons. The van der Waals surface area contributed by atoms with Crippen molar-refractivity contribution in [3.05, 3.63) is 58.7 Å². The van der Waals surface area contributed by atoms with Gasteiger partial charge in [0.2, 0.25) is 0 Å². The normalized spacial score (nSPS) is 18.4. The molecule has 0 saturated carbocycles. The summed E-state index contributed by atoms with van der Waals surface area (Å²) in [4.78, 5) is 10.3. The molecule has 0 saturated heterocycles. The highest BCUT2D eigenvalue weighted by Gasteiger charge is 2.26. The summed E-state index contributed by atoms with van der Waals surface area (Å²) in [6.07, 6.45) is 16.6. The minimum atomic E-state index is -3.80. The van der Waals surface area contributed by atoms with E-state index in [1.54, 1.807) is 6.08 Å². The van der Waals surface area contributed by atoms with E-state index >= 15 is 0 Å². The van der Waals surface area contributed by atoms with Crippen molar-refractivity contribution in [3.8, 4) is 0 Å². The molecule has 0 bridgehead atoms. The second-order valence-corrected chi connectivity index (χ2v) is 9.23. The molecule has 0 aromatic carbocycles. The number of carbonyl (C=O) groups is 1. The Kier molecular flexibility index (Phi) is 11.9. The summed E-state index contributed by atoms with van der Waals surface area (Å²) in [5.74, 6) is -0.354. The SMILES string of the molecule is CC1=C(/C=C/C(C)=C/C=C/C(C)=C/C=O)C(C)(C)CCC1.NCCS(=O)(=O)O. The molecule has 0 aromatic rings. The quantitative estimate of drug-likeness (QED) is 0.278. The average Bonchev–Trinajstić information content (AvgIpc) is 2.53. The van der Waals surface area contributed by atoms with Crippen LogP contribution in [0.4, 0.5) is 0 Å². The summed E-state index contributed by atoms with van der Waals surface area (Å²) in [7, 11) is -3.80. The standard InChI is InChI=1S/C20H28O.C2H7NO3S/c1-16(8-6-9-17(2)13-15-21)11-12-19-18(3)10-7-14-20(19,4)5;3-1-2-7(4,5)6/h6,8-9,11-13,15H,7,10,14H2,1-5H3;1-3H2,(H,4,5,6)/b9-6+,12-11+,16-8+,17-13+;. The lowest BCUT2D eigenvalue weighted by atomic mass is 9.72. The molecule has 0 aliphatic heterocycles. The number of hydrogen-bond donors (Lipinski definition) is 2. The first kappa shape index (κ1) is 26.2. The molecule has 0 aromatic heterocycles. The van der Waals surface area contributed by atoms with E-state index in [1.807, 2.05) is 19.1 Å². The molecule has 1 aliphatic rings. The Morgan fingerprint density at radius 2 is 1.79 bits per heavy atom. The summed E-state index contributed by atoms with van der Waals surface area (Å²) < 4.78 is 27.3. The minimum Gasteiger partial charge on any atom is -0.329 e. The molecule has 28 heavy (non-hydrogen) atoms. The summed E-state index contributed by atoms with van der Waals surface area (Å²) in [6, 6.07) is 0. The molecular formula is C22H35NO4S. The van der Waals surface area contributed by atoms with E-state index in [1.165, 1.54) is 36.0 Å². The van der Waals surface area contributed by atoms with E-state index in [-0.39, 0.29) is 17.7 Å². The van der Waals surface area contributed by atoms with Crippen LogP contribution in [0.5, 0.6) is 0 Å². The average molecular weight is 410 g/mol. The Labute approximate surface area is 170 Å². The van der Waals surface area contributed by atoms with Gasteiger partial charge in [-0.05, 0) is 62.7 Å². The number of allylic oxidation sites excluding steroid dienone is 10. The highest BCUT2D eigenvalue weighted by molar-refractivity contribution is 7.85. The molecule has 3 N–H and O–H groups in total. The smallest absolute Gasteiger partial charge is 0.266 e. The number of nitrogens with two attached hydrogens (primary N) is 1. The Morgan fingerprint density at radius 1 is 1.18 bits per heavy atom. The monoisotopic (exact) mass is 409 g/mol. The fourth-order valence-electron chi connectivity index (χ4n) is 2.94. The topological polar surface area (TPSA) is 97.5 Å². The molecule has 0 spiro atoms. The fraction of sp³-hybridized carbons (Fsp3) is 0.500. The van der Waals surface area contributed by atoms with Gasteiger partial charge < -0.3 is 5.73 Å². The Morgan fingerprint density at radius 3 is 2.25 bits per heavy atom. The zero-order valence-corrected chi connectivity index (χ0v) is 18.6.